The summed E-state index contributed by atoms with van der Waals surface area (Å²) in [6.07, 6.45) is 6.38. The van der Waals surface area contributed by atoms with Gasteiger partial charge in [0.1, 0.15) is 6.61 Å². The van der Waals surface area contributed by atoms with Crippen LogP contribution in [0.2, 0.25) is 0 Å². The van der Waals surface area contributed by atoms with Crippen LogP contribution < -0.4 is 4.74 Å². The van der Waals surface area contributed by atoms with Crippen LogP contribution in [0, 0.1) is 0 Å². The summed E-state index contributed by atoms with van der Waals surface area (Å²) in [6.45, 7) is 3.88. The molecule has 1 aromatic carbocycles. The zero-order chi connectivity index (χ0) is 19.0. The van der Waals surface area contributed by atoms with Crippen LogP contribution >= 0.6 is 0 Å². The first-order chi connectivity index (χ1) is 13.8. The Morgan fingerprint density at radius 3 is 2.32 bits per heavy atom. The van der Waals surface area contributed by atoms with Crippen LogP contribution in [0.25, 0.3) is 0 Å². The summed E-state index contributed by atoms with van der Waals surface area (Å²) in [5.74, 6) is 0.556. The van der Waals surface area contributed by atoms with E-state index in [1.807, 2.05) is 48.7 Å². The van der Waals surface area contributed by atoms with E-state index in [-0.39, 0.29) is 0 Å². The standard InChI is InChI=1S/C23H26N4O/c1-2-6-20(7-3-1)18-28-23-13-12-21(25-26-23)10-8-19-9-11-22(24-16-19)17-27-14-4-5-15-27/h1-3,6-7,9,11-13,16H,4-5,8,10,14-15,17-18H2. The van der Waals surface area contributed by atoms with E-state index in [0.717, 1.165) is 36.3 Å². The highest BCUT2D eigenvalue weighted by atomic mass is 16.5. The van der Waals surface area contributed by atoms with Crippen molar-refractivity contribution in [2.24, 2.45) is 0 Å². The first-order valence-corrected chi connectivity index (χ1v) is 10.0. The smallest absolute Gasteiger partial charge is 0.233 e. The lowest BCUT2D eigenvalue weighted by molar-refractivity contribution is 0.290. The Kier molecular flexibility index (Phi) is 6.25. The summed E-state index contributed by atoms with van der Waals surface area (Å²) < 4.78 is 5.69. The Hall–Kier alpha value is -2.79. The summed E-state index contributed by atoms with van der Waals surface area (Å²) in [4.78, 5) is 7.10. The molecule has 1 aliphatic heterocycles. The minimum atomic E-state index is 0.504. The number of likely N-dealkylation sites (tertiary alicyclic amines) is 1. The highest BCUT2D eigenvalue weighted by molar-refractivity contribution is 5.18. The second-order valence-corrected chi connectivity index (χ2v) is 7.28. The molecule has 1 aliphatic rings. The number of ether oxygens (including phenoxy) is 1. The third-order valence-electron chi connectivity index (χ3n) is 5.06. The van der Waals surface area contributed by atoms with E-state index in [2.05, 4.69) is 32.2 Å². The maximum atomic E-state index is 5.69. The predicted molar refractivity (Wildman–Crippen MR) is 109 cm³/mol. The molecule has 0 amide bonds. The molecular weight excluding hydrogens is 348 g/mol. The highest BCUT2D eigenvalue weighted by Gasteiger charge is 2.12. The van der Waals surface area contributed by atoms with Crippen molar-refractivity contribution in [3.05, 3.63) is 83.3 Å². The fraction of sp³-hybridized carbons (Fsp3) is 0.348. The molecule has 28 heavy (non-hydrogen) atoms. The third kappa shape index (κ3) is 5.36. The molecule has 0 atom stereocenters. The first-order valence-electron chi connectivity index (χ1n) is 10.0. The monoisotopic (exact) mass is 374 g/mol. The van der Waals surface area contributed by atoms with Crippen molar-refractivity contribution in [3.8, 4) is 5.88 Å². The molecule has 0 radical (unpaired) electrons. The third-order valence-corrected chi connectivity index (χ3v) is 5.06. The molecule has 0 spiro atoms. The zero-order valence-corrected chi connectivity index (χ0v) is 16.1. The number of aryl methyl sites for hydroxylation is 2. The lowest BCUT2D eigenvalue weighted by atomic mass is 10.1. The summed E-state index contributed by atoms with van der Waals surface area (Å²) in [5.41, 5.74) is 4.48. The Bertz CT molecular complexity index is 844. The van der Waals surface area contributed by atoms with E-state index < -0.39 is 0 Å². The lowest BCUT2D eigenvalue weighted by Gasteiger charge is -2.13. The fourth-order valence-corrected chi connectivity index (χ4v) is 3.43. The van der Waals surface area contributed by atoms with Gasteiger partial charge in [-0.25, -0.2) is 0 Å². The number of benzene rings is 1. The van der Waals surface area contributed by atoms with Gasteiger partial charge in [0.05, 0.1) is 11.4 Å². The second kappa shape index (κ2) is 9.42. The van der Waals surface area contributed by atoms with Gasteiger partial charge in [0, 0.05) is 18.8 Å². The van der Waals surface area contributed by atoms with Crippen LogP contribution in [0.5, 0.6) is 5.88 Å². The topological polar surface area (TPSA) is 51.1 Å². The van der Waals surface area contributed by atoms with Crippen LogP contribution in [-0.4, -0.2) is 33.2 Å². The van der Waals surface area contributed by atoms with Gasteiger partial charge >= 0.3 is 0 Å². The van der Waals surface area contributed by atoms with Gasteiger partial charge in [0.2, 0.25) is 5.88 Å². The molecule has 5 nitrogen and oxygen atoms in total. The van der Waals surface area contributed by atoms with Crippen molar-refractivity contribution in [2.45, 2.75) is 38.8 Å². The van der Waals surface area contributed by atoms with Gasteiger partial charge in [-0.3, -0.25) is 9.88 Å². The normalized spacial score (nSPS) is 14.3. The Morgan fingerprint density at radius 1 is 0.786 bits per heavy atom. The van der Waals surface area contributed by atoms with E-state index in [1.54, 1.807) is 0 Å². The summed E-state index contributed by atoms with van der Waals surface area (Å²) in [5, 5.41) is 8.47. The maximum Gasteiger partial charge on any atom is 0.233 e. The van der Waals surface area contributed by atoms with Gasteiger partial charge in [-0.15, -0.1) is 5.10 Å². The van der Waals surface area contributed by atoms with Crippen LogP contribution in [-0.2, 0) is 26.0 Å². The molecule has 3 heterocycles. The second-order valence-electron chi connectivity index (χ2n) is 7.28. The minimum Gasteiger partial charge on any atom is -0.472 e. The average Bonchev–Trinajstić information content (AvgIpc) is 3.26. The van der Waals surface area contributed by atoms with Crippen molar-refractivity contribution in [1.29, 1.82) is 0 Å². The van der Waals surface area contributed by atoms with Gasteiger partial charge in [-0.1, -0.05) is 36.4 Å². The number of pyridine rings is 1. The molecule has 4 rings (SSSR count). The number of aromatic nitrogens is 3. The summed E-state index contributed by atoms with van der Waals surface area (Å²) in [7, 11) is 0. The largest absolute Gasteiger partial charge is 0.472 e. The Morgan fingerprint density at radius 2 is 1.61 bits per heavy atom. The van der Waals surface area contributed by atoms with Gasteiger partial charge in [-0.2, -0.15) is 5.10 Å². The van der Waals surface area contributed by atoms with Crippen LogP contribution in [0.4, 0.5) is 0 Å². The summed E-state index contributed by atoms with van der Waals surface area (Å²) >= 11 is 0. The quantitative estimate of drug-likeness (QED) is 0.600. The molecule has 0 unspecified atom stereocenters. The van der Waals surface area contributed by atoms with Gasteiger partial charge < -0.3 is 4.74 Å². The molecule has 2 aromatic heterocycles. The van der Waals surface area contributed by atoms with E-state index in [4.69, 9.17) is 4.74 Å². The molecular formula is C23H26N4O. The molecule has 1 fully saturated rings. The van der Waals surface area contributed by atoms with Crippen LogP contribution in [0.1, 0.15) is 35.4 Å². The van der Waals surface area contributed by atoms with Crippen molar-refractivity contribution in [1.82, 2.24) is 20.1 Å². The molecule has 144 valence electrons. The molecule has 0 saturated carbocycles. The first kappa shape index (κ1) is 18.6. The number of hydrogen-bond acceptors (Lipinski definition) is 5. The number of nitrogens with zero attached hydrogens (tertiary/aromatic N) is 4. The SMILES string of the molecule is c1ccc(COc2ccc(CCc3ccc(CN4CCCC4)nc3)nn2)cc1. The van der Waals surface area contributed by atoms with Crippen molar-refractivity contribution >= 4 is 0 Å². The number of rotatable bonds is 8. The molecule has 0 bridgehead atoms. The Balaban J connectivity index is 1.24. The Labute approximate surface area is 166 Å². The van der Waals surface area contributed by atoms with E-state index >= 15 is 0 Å². The molecule has 0 aliphatic carbocycles. The van der Waals surface area contributed by atoms with E-state index in [0.29, 0.717) is 12.5 Å². The van der Waals surface area contributed by atoms with Crippen molar-refractivity contribution < 1.29 is 4.74 Å². The van der Waals surface area contributed by atoms with Gasteiger partial charge in [-0.05, 0) is 62.0 Å². The van der Waals surface area contributed by atoms with Crippen molar-refractivity contribution in [3.63, 3.8) is 0 Å². The minimum absolute atomic E-state index is 0.504. The van der Waals surface area contributed by atoms with Gasteiger partial charge in [0.15, 0.2) is 0 Å². The molecule has 0 N–H and O–H groups in total. The molecule has 5 heteroatoms. The van der Waals surface area contributed by atoms with Gasteiger partial charge in [0.25, 0.3) is 0 Å². The van der Waals surface area contributed by atoms with E-state index in [1.165, 1.54) is 31.5 Å². The van der Waals surface area contributed by atoms with E-state index in [9.17, 15) is 0 Å². The number of hydrogen-bond donors (Lipinski definition) is 0. The van der Waals surface area contributed by atoms with Crippen molar-refractivity contribution in [2.75, 3.05) is 13.1 Å². The van der Waals surface area contributed by atoms with Crippen LogP contribution in [0.15, 0.2) is 60.8 Å². The highest BCUT2D eigenvalue weighted by Crippen LogP contribution is 2.13. The average molecular weight is 374 g/mol. The predicted octanol–water partition coefficient (Wildman–Crippen LogP) is 3.83. The fourth-order valence-electron chi connectivity index (χ4n) is 3.43. The maximum absolute atomic E-state index is 5.69. The molecule has 3 aromatic rings. The lowest BCUT2D eigenvalue weighted by Crippen LogP contribution is -2.19. The zero-order valence-electron chi connectivity index (χ0n) is 16.1. The molecule has 1 saturated heterocycles. The van der Waals surface area contributed by atoms with Crippen LogP contribution in [0.3, 0.4) is 0 Å². The summed E-state index contributed by atoms with van der Waals surface area (Å²) in [6, 6.07) is 18.3.